The van der Waals surface area contributed by atoms with Crippen molar-refractivity contribution < 1.29 is 13.6 Å². The molecule has 0 aliphatic carbocycles. The monoisotopic (exact) mass is 233 g/mol. The molecule has 0 amide bonds. The quantitative estimate of drug-likeness (QED) is 0.746. The van der Waals surface area contributed by atoms with E-state index in [-0.39, 0.29) is 0 Å². The highest BCUT2D eigenvalue weighted by Gasteiger charge is 2.12. The number of halogens is 3. The lowest BCUT2D eigenvalue weighted by Gasteiger charge is -2.20. The molecule has 0 saturated heterocycles. The fourth-order valence-electron chi connectivity index (χ4n) is 1.27. The summed E-state index contributed by atoms with van der Waals surface area (Å²) in [6, 6.07) is 4.56. The minimum absolute atomic E-state index is 0.311. The molecule has 1 aromatic carbocycles. The normalized spacial score (nSPS) is 10.5. The molecule has 82 valence electrons. The number of rotatable bonds is 4. The van der Waals surface area contributed by atoms with Crippen molar-refractivity contribution in [3.8, 4) is 0 Å². The number of anilines is 1. The summed E-state index contributed by atoms with van der Waals surface area (Å²) in [5.41, 5.74) is 0.764. The Kier molecular flexibility index (Phi) is 4.03. The van der Waals surface area contributed by atoms with Gasteiger partial charge in [-0.05, 0) is 18.2 Å². The Bertz CT molecular complexity index is 357. The summed E-state index contributed by atoms with van der Waals surface area (Å²) >= 11 is 5.68. The Hall–Kier alpha value is -1.16. The molecule has 0 aromatic heterocycles. The van der Waals surface area contributed by atoms with Crippen molar-refractivity contribution in [2.45, 2.75) is 6.43 Å². The van der Waals surface area contributed by atoms with Gasteiger partial charge in [-0.25, -0.2) is 8.78 Å². The lowest BCUT2D eigenvalue weighted by Crippen LogP contribution is -2.24. The molecule has 0 radical (unpaired) electrons. The lowest BCUT2D eigenvalue weighted by atomic mass is 10.2. The van der Waals surface area contributed by atoms with Crippen LogP contribution in [0.15, 0.2) is 18.2 Å². The van der Waals surface area contributed by atoms with Crippen LogP contribution in [0.2, 0.25) is 5.02 Å². The first-order valence-corrected chi connectivity index (χ1v) is 4.66. The van der Waals surface area contributed by atoms with Gasteiger partial charge in [0.25, 0.3) is 6.43 Å². The number of hydrogen-bond acceptors (Lipinski definition) is 2. The average Bonchev–Trinajstić information content (AvgIpc) is 2.16. The van der Waals surface area contributed by atoms with E-state index in [9.17, 15) is 13.6 Å². The number of aldehydes is 1. The van der Waals surface area contributed by atoms with E-state index in [0.29, 0.717) is 22.6 Å². The summed E-state index contributed by atoms with van der Waals surface area (Å²) in [6.45, 7) is -0.414. The molecule has 0 N–H and O–H groups in total. The van der Waals surface area contributed by atoms with Crippen molar-refractivity contribution >= 4 is 23.6 Å². The topological polar surface area (TPSA) is 20.3 Å². The van der Waals surface area contributed by atoms with Gasteiger partial charge in [0.05, 0.1) is 6.54 Å². The summed E-state index contributed by atoms with van der Waals surface area (Å²) in [5.74, 6) is 0. The van der Waals surface area contributed by atoms with Crippen LogP contribution in [0.1, 0.15) is 10.4 Å². The highest BCUT2D eigenvalue weighted by Crippen LogP contribution is 2.22. The van der Waals surface area contributed by atoms with E-state index in [1.54, 1.807) is 12.1 Å². The van der Waals surface area contributed by atoms with E-state index < -0.39 is 13.0 Å². The summed E-state index contributed by atoms with van der Waals surface area (Å²) in [4.78, 5) is 12.0. The van der Waals surface area contributed by atoms with Crippen molar-refractivity contribution in [2.75, 3.05) is 18.5 Å². The molecule has 0 fully saturated rings. The molecule has 15 heavy (non-hydrogen) atoms. The maximum Gasteiger partial charge on any atom is 0.255 e. The zero-order chi connectivity index (χ0) is 11.4. The molecule has 0 aliphatic rings. The zero-order valence-corrected chi connectivity index (χ0v) is 8.84. The summed E-state index contributed by atoms with van der Waals surface area (Å²) < 4.78 is 24.3. The largest absolute Gasteiger partial charge is 0.368 e. The summed E-state index contributed by atoms with van der Waals surface area (Å²) in [6.07, 6.45) is -1.84. The maximum absolute atomic E-state index is 12.1. The van der Waals surface area contributed by atoms with Crippen LogP contribution in [0.5, 0.6) is 0 Å². The smallest absolute Gasteiger partial charge is 0.255 e. The summed E-state index contributed by atoms with van der Waals surface area (Å²) in [7, 11) is 1.50. The fraction of sp³-hybridized carbons (Fsp3) is 0.300. The van der Waals surface area contributed by atoms with Gasteiger partial charge in [0.15, 0.2) is 6.29 Å². The minimum Gasteiger partial charge on any atom is -0.368 e. The van der Waals surface area contributed by atoms with E-state index in [0.717, 1.165) is 0 Å². The first kappa shape index (κ1) is 11.9. The predicted molar refractivity (Wildman–Crippen MR) is 56.1 cm³/mol. The SMILES string of the molecule is CN(CC(F)F)c1ccc(Cl)cc1C=O. The molecule has 2 nitrogen and oxygen atoms in total. The van der Waals surface area contributed by atoms with Crippen molar-refractivity contribution in [1.29, 1.82) is 0 Å². The van der Waals surface area contributed by atoms with Crippen LogP contribution in [-0.4, -0.2) is 26.3 Å². The molecule has 0 bridgehead atoms. The van der Waals surface area contributed by atoms with Gasteiger partial charge in [-0.15, -0.1) is 0 Å². The van der Waals surface area contributed by atoms with Gasteiger partial charge in [-0.1, -0.05) is 11.6 Å². The third-order valence-corrected chi connectivity index (χ3v) is 2.17. The van der Waals surface area contributed by atoms with Crippen molar-refractivity contribution in [3.05, 3.63) is 28.8 Å². The second kappa shape index (κ2) is 5.07. The first-order valence-electron chi connectivity index (χ1n) is 4.28. The minimum atomic E-state index is -2.44. The number of alkyl halides is 2. The standard InChI is InChI=1S/C10H10ClF2NO/c1-14(5-10(12)13)9-3-2-8(11)4-7(9)6-15/h2-4,6,10H,5H2,1H3. The van der Waals surface area contributed by atoms with Crippen LogP contribution in [0, 0.1) is 0 Å². The summed E-state index contributed by atoms with van der Waals surface area (Å²) in [5, 5.41) is 0.409. The van der Waals surface area contributed by atoms with Gasteiger partial charge >= 0.3 is 0 Å². The fourth-order valence-corrected chi connectivity index (χ4v) is 1.45. The van der Waals surface area contributed by atoms with Gasteiger partial charge in [0.2, 0.25) is 0 Å². The number of benzene rings is 1. The number of hydrogen-bond donors (Lipinski definition) is 0. The average molecular weight is 234 g/mol. The highest BCUT2D eigenvalue weighted by molar-refractivity contribution is 6.31. The predicted octanol–water partition coefficient (Wildman–Crippen LogP) is 2.85. The molecule has 5 heteroatoms. The van der Waals surface area contributed by atoms with E-state index in [1.807, 2.05) is 0 Å². The van der Waals surface area contributed by atoms with Crippen LogP contribution in [0.4, 0.5) is 14.5 Å². The van der Waals surface area contributed by atoms with Crippen LogP contribution in [0.3, 0.4) is 0 Å². The first-order chi connectivity index (χ1) is 7.04. The van der Waals surface area contributed by atoms with Crippen molar-refractivity contribution in [2.24, 2.45) is 0 Å². The van der Waals surface area contributed by atoms with Gasteiger partial charge in [-0.2, -0.15) is 0 Å². The van der Waals surface area contributed by atoms with E-state index >= 15 is 0 Å². The Morgan fingerprint density at radius 1 is 1.53 bits per heavy atom. The molecule has 1 aromatic rings. The van der Waals surface area contributed by atoms with Crippen LogP contribution in [0.25, 0.3) is 0 Å². The molecule has 0 aliphatic heterocycles. The Morgan fingerprint density at radius 3 is 2.73 bits per heavy atom. The maximum atomic E-state index is 12.1. The van der Waals surface area contributed by atoms with Gasteiger partial charge < -0.3 is 4.90 Å². The van der Waals surface area contributed by atoms with Crippen molar-refractivity contribution in [3.63, 3.8) is 0 Å². The molecule has 0 unspecified atom stereocenters. The number of nitrogens with zero attached hydrogens (tertiary/aromatic N) is 1. The molecule has 0 heterocycles. The third kappa shape index (κ3) is 3.16. The van der Waals surface area contributed by atoms with E-state index in [2.05, 4.69) is 0 Å². The Balaban J connectivity index is 2.97. The van der Waals surface area contributed by atoms with E-state index in [1.165, 1.54) is 18.0 Å². The highest BCUT2D eigenvalue weighted by atomic mass is 35.5. The number of carbonyl (C=O) groups excluding carboxylic acids is 1. The van der Waals surface area contributed by atoms with Crippen LogP contribution >= 0.6 is 11.6 Å². The van der Waals surface area contributed by atoms with E-state index in [4.69, 9.17) is 11.6 Å². The van der Waals surface area contributed by atoms with Crippen molar-refractivity contribution in [1.82, 2.24) is 0 Å². The molecule has 1 rings (SSSR count). The second-order valence-corrected chi connectivity index (χ2v) is 3.53. The molecule has 0 spiro atoms. The van der Waals surface area contributed by atoms with Gasteiger partial charge in [0.1, 0.15) is 0 Å². The van der Waals surface area contributed by atoms with Crippen LogP contribution < -0.4 is 4.90 Å². The molecule has 0 atom stereocenters. The van der Waals surface area contributed by atoms with Gasteiger partial charge in [-0.3, -0.25) is 4.79 Å². The van der Waals surface area contributed by atoms with Gasteiger partial charge in [0, 0.05) is 23.3 Å². The number of carbonyl (C=O) groups is 1. The molecular weight excluding hydrogens is 224 g/mol. The second-order valence-electron chi connectivity index (χ2n) is 3.09. The zero-order valence-electron chi connectivity index (χ0n) is 8.08. The Morgan fingerprint density at radius 2 is 2.20 bits per heavy atom. The molecule has 0 saturated carbocycles. The lowest BCUT2D eigenvalue weighted by molar-refractivity contribution is 0.112. The Labute approximate surface area is 91.4 Å². The third-order valence-electron chi connectivity index (χ3n) is 1.94. The van der Waals surface area contributed by atoms with Crippen LogP contribution in [-0.2, 0) is 0 Å². The molecular formula is C10H10ClF2NO.